The van der Waals surface area contributed by atoms with Crippen LogP contribution in [0.25, 0.3) is 10.1 Å². The minimum absolute atomic E-state index is 0.0402. The van der Waals surface area contributed by atoms with Crippen LogP contribution in [0.1, 0.15) is 11.3 Å². The number of aryl methyl sites for hydroxylation is 1. The van der Waals surface area contributed by atoms with E-state index in [4.69, 9.17) is 22.3 Å². The molecule has 0 radical (unpaired) electrons. The normalized spacial score (nSPS) is 13.7. The van der Waals surface area contributed by atoms with Gasteiger partial charge in [0.15, 0.2) is 0 Å². The molecule has 0 aliphatic heterocycles. The number of hydrogen-bond acceptors (Lipinski definition) is 3. The fourth-order valence-corrected chi connectivity index (χ4v) is 5.08. The fraction of sp³-hybridized carbons (Fsp3) is 0.231. The number of rotatable bonds is 5. The Hall–Kier alpha value is 1.04. The molecule has 20 heavy (non-hydrogen) atoms. The topological polar surface area (TPSA) is 9.23 Å². The Morgan fingerprint density at radius 1 is 1.45 bits per heavy atom. The summed E-state index contributed by atoms with van der Waals surface area (Å²) >= 11 is 12.5. The third kappa shape index (κ3) is 4.77. The van der Waals surface area contributed by atoms with Crippen LogP contribution in [0.5, 0.6) is 0 Å². The number of thiophene rings is 1. The monoisotopic (exact) mass is 547 g/mol. The standard InChI is InChI=1S/C13H11BClI2OS2/c14-20(17)18-9(7-8-16)5-6-12-13(15)10-3-1-2-4-11(10)19-12/h1-4,7-9H,5-6H2/q-1/b8-7+. The molecule has 1 atom stereocenters. The molecule has 0 saturated heterocycles. The molecule has 1 aromatic carbocycles. The number of benzene rings is 1. The van der Waals surface area contributed by atoms with Crippen LogP contribution in [0, 0.1) is 0 Å². The van der Waals surface area contributed by atoms with Crippen molar-refractivity contribution in [2.45, 2.75) is 18.9 Å². The van der Waals surface area contributed by atoms with Crippen LogP contribution in [0.2, 0.25) is 5.02 Å². The number of fused-ring (bicyclic) bond motifs is 1. The summed E-state index contributed by atoms with van der Waals surface area (Å²) in [4.78, 5) is 1.22. The van der Waals surface area contributed by atoms with Crippen LogP contribution >= 0.6 is 66.7 Å². The van der Waals surface area contributed by atoms with Gasteiger partial charge in [-0.25, -0.2) is 0 Å². The SMILES string of the molecule is B#[S-](I)OC(/C=C/I)CCc1sc2ccccc2c1Cl. The first-order valence-corrected chi connectivity index (χ1v) is 12.1. The zero-order valence-corrected chi connectivity index (χ0v) is 17.1. The molecular formula is C13H11BClI2OS2-. The Bertz CT molecular complexity index is 692. The maximum absolute atomic E-state index is 6.45. The van der Waals surface area contributed by atoms with Crippen molar-refractivity contribution in [2.24, 2.45) is 0 Å². The summed E-state index contributed by atoms with van der Waals surface area (Å²) in [6.07, 6.45) is 3.86. The number of hydrogen-bond donors (Lipinski definition) is 0. The number of halogens is 3. The van der Waals surface area contributed by atoms with E-state index in [0.29, 0.717) is 0 Å². The molecule has 1 aromatic heterocycles. The molecular weight excluding hydrogens is 536 g/mol. The molecule has 0 aliphatic carbocycles. The molecule has 0 bridgehead atoms. The molecule has 0 saturated carbocycles. The van der Waals surface area contributed by atoms with Crippen molar-refractivity contribution in [2.75, 3.05) is 0 Å². The van der Waals surface area contributed by atoms with Gasteiger partial charge < -0.3 is 0 Å². The molecule has 1 nitrogen and oxygen atoms in total. The molecule has 106 valence electrons. The molecule has 0 fully saturated rings. The van der Waals surface area contributed by atoms with Gasteiger partial charge in [-0.2, -0.15) is 0 Å². The quantitative estimate of drug-likeness (QED) is 0.262. The summed E-state index contributed by atoms with van der Waals surface area (Å²) in [5.41, 5.74) is 0. The molecule has 1 heterocycles. The van der Waals surface area contributed by atoms with Crippen molar-refractivity contribution >= 4 is 90.9 Å². The molecule has 1 unspecified atom stereocenters. The summed E-state index contributed by atoms with van der Waals surface area (Å²) in [6.45, 7) is 5.72. The van der Waals surface area contributed by atoms with Crippen molar-refractivity contribution < 1.29 is 4.18 Å². The summed E-state index contributed by atoms with van der Waals surface area (Å²) in [5, 5.41) is 2.02. The van der Waals surface area contributed by atoms with Gasteiger partial charge in [-0.05, 0) is 0 Å². The Labute approximate surface area is 156 Å². The average molecular weight is 547 g/mol. The van der Waals surface area contributed by atoms with Crippen LogP contribution in [-0.2, 0) is 18.2 Å². The van der Waals surface area contributed by atoms with Crippen LogP contribution in [0.3, 0.4) is 0 Å². The Kier molecular flexibility index (Phi) is 7.50. The zero-order valence-electron chi connectivity index (χ0n) is 10.4. The first kappa shape index (κ1) is 17.4. The molecule has 0 aliphatic rings. The molecule has 7 heteroatoms. The van der Waals surface area contributed by atoms with Crippen LogP contribution in [0.15, 0.2) is 34.4 Å². The van der Waals surface area contributed by atoms with Gasteiger partial charge in [0.25, 0.3) is 0 Å². The van der Waals surface area contributed by atoms with Gasteiger partial charge in [-0.3, -0.25) is 0 Å². The average Bonchev–Trinajstić information content (AvgIpc) is 2.73. The molecule has 0 spiro atoms. The van der Waals surface area contributed by atoms with E-state index in [2.05, 4.69) is 55.9 Å². The van der Waals surface area contributed by atoms with Crippen molar-refractivity contribution in [3.63, 3.8) is 0 Å². The first-order valence-electron chi connectivity index (χ1n) is 5.86. The van der Waals surface area contributed by atoms with E-state index in [1.807, 2.05) is 22.3 Å². The van der Waals surface area contributed by atoms with Crippen molar-refractivity contribution in [1.82, 2.24) is 0 Å². The van der Waals surface area contributed by atoms with E-state index >= 15 is 0 Å². The van der Waals surface area contributed by atoms with Gasteiger partial charge in [0.1, 0.15) is 0 Å². The van der Waals surface area contributed by atoms with Crippen LogP contribution in [-0.4, -0.2) is 12.6 Å². The van der Waals surface area contributed by atoms with E-state index in [-0.39, 0.29) is 6.10 Å². The second-order valence-corrected chi connectivity index (χ2v) is 9.60. The summed E-state index contributed by atoms with van der Waals surface area (Å²) in [7, 11) is -0.539. The van der Waals surface area contributed by atoms with Crippen LogP contribution in [0.4, 0.5) is 0 Å². The second-order valence-electron chi connectivity index (χ2n) is 4.08. The van der Waals surface area contributed by atoms with Gasteiger partial charge in [-0.1, -0.05) is 0 Å². The fourth-order valence-electron chi connectivity index (χ4n) is 1.87. The van der Waals surface area contributed by atoms with Gasteiger partial charge in [0.2, 0.25) is 0 Å². The van der Waals surface area contributed by atoms with Crippen LogP contribution < -0.4 is 0 Å². The minimum atomic E-state index is -0.539. The molecule has 0 amide bonds. The Morgan fingerprint density at radius 2 is 2.20 bits per heavy atom. The zero-order chi connectivity index (χ0) is 14.5. The van der Waals surface area contributed by atoms with Gasteiger partial charge in [0.05, 0.1) is 0 Å². The summed E-state index contributed by atoms with van der Waals surface area (Å²) < 4.78 is 8.90. The second kappa shape index (κ2) is 8.62. The van der Waals surface area contributed by atoms with Gasteiger partial charge >= 0.3 is 158 Å². The Balaban J connectivity index is 2.12. The first-order chi connectivity index (χ1) is 9.61. The maximum atomic E-state index is 6.45. The van der Waals surface area contributed by atoms with E-state index in [1.54, 1.807) is 11.3 Å². The Morgan fingerprint density at radius 3 is 2.85 bits per heavy atom. The third-order valence-corrected chi connectivity index (χ3v) is 6.00. The van der Waals surface area contributed by atoms with Crippen molar-refractivity contribution in [1.29, 1.82) is 0 Å². The summed E-state index contributed by atoms with van der Waals surface area (Å²) in [5.74, 6) is 0. The van der Waals surface area contributed by atoms with Gasteiger partial charge in [0, 0.05) is 0 Å². The predicted octanol–water partition coefficient (Wildman–Crippen LogP) is 5.79. The predicted molar refractivity (Wildman–Crippen MR) is 110 cm³/mol. The molecule has 2 aromatic rings. The molecule has 0 N–H and O–H groups in total. The third-order valence-electron chi connectivity index (χ3n) is 2.76. The summed E-state index contributed by atoms with van der Waals surface area (Å²) in [6, 6.07) is 8.24. The van der Waals surface area contributed by atoms with E-state index in [9.17, 15) is 0 Å². The van der Waals surface area contributed by atoms with Crippen molar-refractivity contribution in [3.05, 3.63) is 44.3 Å². The van der Waals surface area contributed by atoms with Crippen molar-refractivity contribution in [3.8, 4) is 0 Å². The van der Waals surface area contributed by atoms with E-state index < -0.39 is 7.58 Å². The molecule has 2 rings (SSSR count). The van der Waals surface area contributed by atoms with E-state index in [0.717, 1.165) is 23.3 Å². The van der Waals surface area contributed by atoms with E-state index in [1.165, 1.54) is 9.58 Å². The van der Waals surface area contributed by atoms with Gasteiger partial charge in [-0.15, -0.1) is 0 Å².